The average molecular weight is 339 g/mol. The number of hydrogen-bond acceptors (Lipinski definition) is 3. The lowest BCUT2D eigenvalue weighted by atomic mass is 10.0. The molecular weight excluding hydrogens is 323 g/mol. The number of aryl methyl sites for hydroxylation is 2. The molecule has 1 aromatic heterocycles. The van der Waals surface area contributed by atoms with Gasteiger partial charge in [-0.3, -0.25) is 4.79 Å². The van der Waals surface area contributed by atoms with Crippen molar-refractivity contribution in [3.8, 4) is 5.88 Å². The largest absolute Gasteiger partial charge is 0.473 e. The van der Waals surface area contributed by atoms with Crippen LogP contribution in [-0.4, -0.2) is 22.2 Å². The van der Waals surface area contributed by atoms with E-state index in [2.05, 4.69) is 5.10 Å². The maximum atomic E-state index is 12.8. The molecule has 0 saturated carbocycles. The second-order valence-corrected chi connectivity index (χ2v) is 5.57. The number of ether oxygens (including phenoxy) is 1. The molecule has 0 aliphatic carbocycles. The zero-order chi connectivity index (χ0) is 16.3. The average Bonchev–Trinajstić information content (AvgIpc) is 2.73. The number of allylic oxidation sites excluding steroid dienone is 1. The van der Waals surface area contributed by atoms with Crippen molar-refractivity contribution in [1.29, 1.82) is 0 Å². The molecule has 2 aromatic rings. The Morgan fingerprint density at radius 1 is 1.41 bits per heavy atom. The van der Waals surface area contributed by atoms with E-state index in [-0.39, 0.29) is 5.78 Å². The van der Waals surface area contributed by atoms with Gasteiger partial charge in [0.05, 0.1) is 10.7 Å². The Morgan fingerprint density at radius 3 is 2.77 bits per heavy atom. The van der Waals surface area contributed by atoms with E-state index in [1.54, 1.807) is 36.9 Å². The van der Waals surface area contributed by atoms with Gasteiger partial charge in [-0.15, -0.1) is 0 Å². The molecule has 4 nitrogen and oxygen atoms in total. The first-order valence-corrected chi connectivity index (χ1v) is 7.48. The van der Waals surface area contributed by atoms with Gasteiger partial charge in [0.25, 0.3) is 0 Å². The highest BCUT2D eigenvalue weighted by Gasteiger charge is 2.24. The van der Waals surface area contributed by atoms with Crippen molar-refractivity contribution in [2.45, 2.75) is 13.8 Å². The molecule has 0 aliphatic rings. The highest BCUT2D eigenvalue weighted by atomic mass is 35.5. The topological polar surface area (TPSA) is 44.1 Å². The lowest BCUT2D eigenvalue weighted by Gasteiger charge is -2.08. The van der Waals surface area contributed by atoms with Crippen LogP contribution in [0.1, 0.15) is 28.5 Å². The maximum Gasteiger partial charge on any atom is 0.223 e. The monoisotopic (exact) mass is 338 g/mol. The fourth-order valence-corrected chi connectivity index (χ4v) is 2.59. The second kappa shape index (κ2) is 6.99. The lowest BCUT2D eigenvalue weighted by molar-refractivity contribution is 0.103. The molecule has 6 heteroatoms. The number of carbonyl (C=O) groups excluding carboxylic acids is 1. The summed E-state index contributed by atoms with van der Waals surface area (Å²) in [7, 11) is 1.73. The van der Waals surface area contributed by atoms with Crippen LogP contribution in [0.15, 0.2) is 30.4 Å². The molecular formula is C16H16Cl2N2O2. The number of rotatable bonds is 5. The smallest absolute Gasteiger partial charge is 0.223 e. The second-order valence-electron chi connectivity index (χ2n) is 4.72. The number of ketones is 1. The van der Waals surface area contributed by atoms with Crippen molar-refractivity contribution in [3.63, 3.8) is 0 Å². The molecule has 0 saturated heterocycles. The fraction of sp³-hybridized carbons (Fsp3) is 0.250. The number of benzene rings is 1. The van der Waals surface area contributed by atoms with Gasteiger partial charge < -0.3 is 4.74 Å². The third-order valence-electron chi connectivity index (χ3n) is 3.12. The van der Waals surface area contributed by atoms with Crippen LogP contribution in [0.2, 0.25) is 10.0 Å². The van der Waals surface area contributed by atoms with Crippen LogP contribution in [0, 0.1) is 6.92 Å². The number of aromatic nitrogens is 2. The molecule has 0 bridgehead atoms. The molecule has 0 radical (unpaired) electrons. The minimum atomic E-state index is -0.234. The Kier molecular flexibility index (Phi) is 5.27. The maximum absolute atomic E-state index is 12.8. The van der Waals surface area contributed by atoms with Gasteiger partial charge in [0.15, 0.2) is 0 Å². The van der Waals surface area contributed by atoms with Gasteiger partial charge in [-0.05, 0) is 32.0 Å². The van der Waals surface area contributed by atoms with E-state index in [9.17, 15) is 4.79 Å². The van der Waals surface area contributed by atoms with E-state index in [1.807, 2.05) is 19.1 Å². The van der Waals surface area contributed by atoms with Crippen LogP contribution in [0.5, 0.6) is 5.88 Å². The Balaban J connectivity index is 2.44. The predicted octanol–water partition coefficient (Wildman–Crippen LogP) is 4.22. The van der Waals surface area contributed by atoms with Crippen LogP contribution in [0.4, 0.5) is 0 Å². The molecule has 0 N–H and O–H groups in total. The zero-order valence-corrected chi connectivity index (χ0v) is 14.1. The van der Waals surface area contributed by atoms with Crippen molar-refractivity contribution in [3.05, 3.63) is 57.2 Å². The summed E-state index contributed by atoms with van der Waals surface area (Å²) in [5.74, 6) is 0.189. The standard InChI is InChI=1S/C16H16Cl2N2O2/c1-4-5-8-22-16-14(10(2)19-20(16)3)15(21)12-7-6-11(17)9-13(12)18/h4-7,9H,8H2,1-3H3/b5-4+. The van der Waals surface area contributed by atoms with E-state index >= 15 is 0 Å². The Labute approximate surface area is 139 Å². The number of carbonyl (C=O) groups is 1. The number of nitrogens with zero attached hydrogens (tertiary/aromatic N) is 2. The molecule has 1 heterocycles. The Hall–Kier alpha value is -1.78. The third-order valence-corrected chi connectivity index (χ3v) is 3.67. The quantitative estimate of drug-likeness (QED) is 0.605. The van der Waals surface area contributed by atoms with Crippen LogP contribution in [0.3, 0.4) is 0 Å². The van der Waals surface area contributed by atoms with E-state index in [1.165, 1.54) is 0 Å². The van der Waals surface area contributed by atoms with Crippen molar-refractivity contribution in [2.75, 3.05) is 6.61 Å². The Morgan fingerprint density at radius 2 is 2.14 bits per heavy atom. The summed E-state index contributed by atoms with van der Waals surface area (Å²) in [5.41, 5.74) is 1.38. The van der Waals surface area contributed by atoms with Gasteiger partial charge >= 0.3 is 0 Å². The molecule has 0 spiro atoms. The van der Waals surface area contributed by atoms with E-state index in [4.69, 9.17) is 27.9 Å². The first-order chi connectivity index (χ1) is 10.5. The molecule has 0 unspecified atom stereocenters. The summed E-state index contributed by atoms with van der Waals surface area (Å²) in [5, 5.41) is 5.05. The molecule has 0 fully saturated rings. The molecule has 2 rings (SSSR count). The molecule has 1 aromatic carbocycles. The van der Waals surface area contributed by atoms with Crippen molar-refractivity contribution in [1.82, 2.24) is 9.78 Å². The predicted molar refractivity (Wildman–Crippen MR) is 88.1 cm³/mol. The minimum absolute atomic E-state index is 0.234. The molecule has 0 amide bonds. The van der Waals surface area contributed by atoms with E-state index < -0.39 is 0 Å². The summed E-state index contributed by atoms with van der Waals surface area (Å²) in [6.45, 7) is 4.03. The number of hydrogen-bond donors (Lipinski definition) is 0. The van der Waals surface area contributed by atoms with Gasteiger partial charge in [0, 0.05) is 17.6 Å². The van der Waals surface area contributed by atoms with Crippen molar-refractivity contribution in [2.24, 2.45) is 7.05 Å². The first-order valence-electron chi connectivity index (χ1n) is 6.73. The summed E-state index contributed by atoms with van der Waals surface area (Å²) in [4.78, 5) is 12.8. The summed E-state index contributed by atoms with van der Waals surface area (Å²) in [6.07, 6.45) is 3.73. The molecule has 22 heavy (non-hydrogen) atoms. The van der Waals surface area contributed by atoms with E-state index in [0.29, 0.717) is 39.4 Å². The SMILES string of the molecule is C/C=C/COc1c(C(=O)c2ccc(Cl)cc2Cl)c(C)nn1C. The van der Waals surface area contributed by atoms with Gasteiger partial charge in [-0.25, -0.2) is 4.68 Å². The highest BCUT2D eigenvalue weighted by molar-refractivity contribution is 6.37. The van der Waals surface area contributed by atoms with Gasteiger partial charge in [0.2, 0.25) is 11.7 Å². The fourth-order valence-electron chi connectivity index (χ4n) is 2.10. The normalized spacial score (nSPS) is 11.1. The lowest BCUT2D eigenvalue weighted by Crippen LogP contribution is -2.08. The third kappa shape index (κ3) is 3.34. The molecule has 0 atom stereocenters. The molecule has 0 aliphatic heterocycles. The van der Waals surface area contributed by atoms with Gasteiger partial charge in [-0.1, -0.05) is 35.4 Å². The summed E-state index contributed by atoms with van der Waals surface area (Å²) < 4.78 is 7.21. The van der Waals surface area contributed by atoms with Gasteiger partial charge in [0.1, 0.15) is 12.2 Å². The van der Waals surface area contributed by atoms with Crippen LogP contribution in [-0.2, 0) is 7.05 Å². The summed E-state index contributed by atoms with van der Waals surface area (Å²) >= 11 is 12.0. The van der Waals surface area contributed by atoms with Crippen LogP contribution >= 0.6 is 23.2 Å². The van der Waals surface area contributed by atoms with Crippen LogP contribution in [0.25, 0.3) is 0 Å². The van der Waals surface area contributed by atoms with Crippen molar-refractivity contribution < 1.29 is 9.53 Å². The summed E-state index contributed by atoms with van der Waals surface area (Å²) in [6, 6.07) is 4.78. The molecule has 116 valence electrons. The Bertz CT molecular complexity index is 736. The van der Waals surface area contributed by atoms with Gasteiger partial charge in [-0.2, -0.15) is 5.10 Å². The zero-order valence-electron chi connectivity index (χ0n) is 12.6. The van der Waals surface area contributed by atoms with Crippen LogP contribution < -0.4 is 4.74 Å². The highest BCUT2D eigenvalue weighted by Crippen LogP contribution is 2.29. The van der Waals surface area contributed by atoms with Crippen molar-refractivity contribution >= 4 is 29.0 Å². The first kappa shape index (κ1) is 16.6. The number of halogens is 2. The minimum Gasteiger partial charge on any atom is -0.473 e. The van der Waals surface area contributed by atoms with E-state index in [0.717, 1.165) is 0 Å².